The molecule has 1 aromatic heterocycles. The van der Waals surface area contributed by atoms with Crippen LogP contribution in [0.4, 0.5) is 0 Å². The van der Waals surface area contributed by atoms with Crippen LogP contribution in [0.3, 0.4) is 0 Å². The van der Waals surface area contributed by atoms with Crippen LogP contribution in [-0.4, -0.2) is 19.1 Å². The summed E-state index contributed by atoms with van der Waals surface area (Å²) in [5, 5.41) is 3.35. The van der Waals surface area contributed by atoms with Gasteiger partial charge in [0, 0.05) is 28.7 Å². The van der Waals surface area contributed by atoms with Crippen LogP contribution in [0, 0.1) is 0 Å². The molecular weight excluding hydrogens is 332 g/mol. The van der Waals surface area contributed by atoms with Crippen molar-refractivity contribution < 1.29 is 9.47 Å². The summed E-state index contributed by atoms with van der Waals surface area (Å²) in [7, 11) is 3.64. The van der Waals surface area contributed by atoms with Gasteiger partial charge in [0.1, 0.15) is 17.6 Å². The number of benzene rings is 1. The minimum absolute atomic E-state index is 0.0450. The van der Waals surface area contributed by atoms with Crippen LogP contribution in [0.5, 0.6) is 11.5 Å². The monoisotopic (exact) mass is 348 g/mol. The van der Waals surface area contributed by atoms with Gasteiger partial charge in [-0.05, 0) is 53.3 Å². The molecule has 2 atom stereocenters. The highest BCUT2D eigenvalue weighted by atomic mass is 79.9. The Morgan fingerprint density at radius 2 is 2.19 bits per heavy atom. The molecule has 2 unspecified atom stereocenters. The minimum atomic E-state index is -0.0450. The summed E-state index contributed by atoms with van der Waals surface area (Å²) < 4.78 is 12.4. The number of rotatable bonds is 3. The zero-order valence-electron chi connectivity index (χ0n) is 12.0. The van der Waals surface area contributed by atoms with E-state index in [9.17, 15) is 0 Å². The maximum Gasteiger partial charge on any atom is 0.142 e. The van der Waals surface area contributed by atoms with Crippen LogP contribution < -0.4 is 14.8 Å². The molecule has 21 heavy (non-hydrogen) atoms. The molecule has 0 amide bonds. The number of aromatic nitrogens is 1. The van der Waals surface area contributed by atoms with E-state index in [1.54, 1.807) is 13.3 Å². The van der Waals surface area contributed by atoms with Crippen LogP contribution in [0.2, 0.25) is 0 Å². The molecule has 2 heterocycles. The van der Waals surface area contributed by atoms with E-state index in [4.69, 9.17) is 9.47 Å². The third-order valence-electron chi connectivity index (χ3n) is 3.74. The van der Waals surface area contributed by atoms with Gasteiger partial charge in [-0.15, -0.1) is 0 Å². The van der Waals surface area contributed by atoms with Gasteiger partial charge in [0.2, 0.25) is 0 Å². The smallest absolute Gasteiger partial charge is 0.142 e. The molecule has 4 nitrogen and oxygen atoms in total. The van der Waals surface area contributed by atoms with Crippen molar-refractivity contribution in [3.63, 3.8) is 0 Å². The summed E-state index contributed by atoms with van der Waals surface area (Å²) in [4.78, 5) is 4.45. The van der Waals surface area contributed by atoms with Gasteiger partial charge >= 0.3 is 0 Å². The van der Waals surface area contributed by atoms with Crippen LogP contribution in [0.1, 0.15) is 29.8 Å². The number of halogens is 1. The van der Waals surface area contributed by atoms with Crippen molar-refractivity contribution >= 4 is 15.9 Å². The number of hydrogen-bond acceptors (Lipinski definition) is 4. The van der Waals surface area contributed by atoms with Crippen molar-refractivity contribution in [3.05, 3.63) is 52.3 Å². The Morgan fingerprint density at radius 3 is 2.86 bits per heavy atom. The lowest BCUT2D eigenvalue weighted by Crippen LogP contribution is -2.27. The van der Waals surface area contributed by atoms with E-state index >= 15 is 0 Å². The van der Waals surface area contributed by atoms with Crippen molar-refractivity contribution in [3.8, 4) is 11.5 Å². The van der Waals surface area contributed by atoms with E-state index in [1.165, 1.54) is 0 Å². The Kier molecular flexibility index (Phi) is 4.12. The molecule has 0 bridgehead atoms. The molecule has 110 valence electrons. The largest absolute Gasteiger partial charge is 0.497 e. The number of ether oxygens (including phenoxy) is 2. The van der Waals surface area contributed by atoms with Crippen LogP contribution in [0.25, 0.3) is 0 Å². The highest BCUT2D eigenvalue weighted by Crippen LogP contribution is 2.41. The van der Waals surface area contributed by atoms with E-state index in [0.29, 0.717) is 0 Å². The van der Waals surface area contributed by atoms with Gasteiger partial charge in [0.15, 0.2) is 0 Å². The lowest BCUT2D eigenvalue weighted by molar-refractivity contribution is 0.149. The van der Waals surface area contributed by atoms with Gasteiger partial charge in [-0.1, -0.05) is 0 Å². The quantitative estimate of drug-likeness (QED) is 0.919. The highest BCUT2D eigenvalue weighted by Gasteiger charge is 2.29. The fraction of sp³-hybridized carbons (Fsp3) is 0.312. The van der Waals surface area contributed by atoms with Crippen molar-refractivity contribution in [2.75, 3.05) is 14.2 Å². The van der Waals surface area contributed by atoms with Gasteiger partial charge in [0.25, 0.3) is 0 Å². The van der Waals surface area contributed by atoms with E-state index in [1.807, 2.05) is 37.4 Å². The van der Waals surface area contributed by atoms with Crippen molar-refractivity contribution in [1.82, 2.24) is 10.3 Å². The first-order chi connectivity index (χ1) is 10.2. The highest BCUT2D eigenvalue weighted by molar-refractivity contribution is 9.10. The molecule has 5 heteroatoms. The SMILES string of the molecule is CNC1CC(c2ccc(Br)cn2)Oc2ccc(OC)cc21. The van der Waals surface area contributed by atoms with E-state index in [0.717, 1.165) is 33.6 Å². The predicted molar refractivity (Wildman–Crippen MR) is 84.7 cm³/mol. The third-order valence-corrected chi connectivity index (χ3v) is 4.21. The molecule has 1 aliphatic rings. The zero-order valence-corrected chi connectivity index (χ0v) is 13.6. The second-order valence-corrected chi connectivity index (χ2v) is 5.90. The van der Waals surface area contributed by atoms with Crippen molar-refractivity contribution in [1.29, 1.82) is 0 Å². The molecule has 0 saturated carbocycles. The summed E-state index contributed by atoms with van der Waals surface area (Å²) in [5.41, 5.74) is 2.07. The number of fused-ring (bicyclic) bond motifs is 1. The molecule has 0 radical (unpaired) electrons. The normalized spacial score (nSPS) is 20.5. The predicted octanol–water partition coefficient (Wildman–Crippen LogP) is 3.64. The van der Waals surface area contributed by atoms with Crippen LogP contribution >= 0.6 is 15.9 Å². The Labute approximate surface area is 132 Å². The van der Waals surface area contributed by atoms with Crippen molar-refractivity contribution in [2.45, 2.75) is 18.6 Å². The van der Waals surface area contributed by atoms with Gasteiger partial charge < -0.3 is 14.8 Å². The van der Waals surface area contributed by atoms with Gasteiger partial charge in [0.05, 0.1) is 12.8 Å². The summed E-state index contributed by atoms with van der Waals surface area (Å²) in [6.07, 6.45) is 2.60. The molecular formula is C16H17BrN2O2. The summed E-state index contributed by atoms with van der Waals surface area (Å²) in [6.45, 7) is 0. The van der Waals surface area contributed by atoms with E-state index in [2.05, 4.69) is 26.2 Å². The van der Waals surface area contributed by atoms with Crippen LogP contribution in [-0.2, 0) is 0 Å². The van der Waals surface area contributed by atoms with Gasteiger partial charge in [-0.2, -0.15) is 0 Å². The molecule has 3 rings (SSSR count). The maximum absolute atomic E-state index is 6.12. The Bertz CT molecular complexity index is 631. The maximum atomic E-state index is 6.12. The number of hydrogen-bond donors (Lipinski definition) is 1. The summed E-state index contributed by atoms with van der Waals surface area (Å²) >= 11 is 3.41. The molecule has 2 aromatic rings. The topological polar surface area (TPSA) is 43.4 Å². The number of methoxy groups -OCH3 is 1. The number of nitrogens with one attached hydrogen (secondary N) is 1. The van der Waals surface area contributed by atoms with Crippen molar-refractivity contribution in [2.24, 2.45) is 0 Å². The van der Waals surface area contributed by atoms with Crippen LogP contribution in [0.15, 0.2) is 41.0 Å². The summed E-state index contributed by atoms with van der Waals surface area (Å²) in [5.74, 6) is 1.73. The molecule has 0 fully saturated rings. The lowest BCUT2D eigenvalue weighted by atomic mass is 9.94. The second kappa shape index (κ2) is 6.03. The average Bonchev–Trinajstić information content (AvgIpc) is 2.54. The summed E-state index contributed by atoms with van der Waals surface area (Å²) in [6, 6.07) is 10.1. The fourth-order valence-electron chi connectivity index (χ4n) is 2.61. The number of nitrogens with zero attached hydrogens (tertiary/aromatic N) is 1. The molecule has 0 spiro atoms. The fourth-order valence-corrected chi connectivity index (χ4v) is 2.84. The van der Waals surface area contributed by atoms with E-state index in [-0.39, 0.29) is 12.1 Å². The first-order valence-electron chi connectivity index (χ1n) is 6.84. The Morgan fingerprint density at radius 1 is 1.33 bits per heavy atom. The minimum Gasteiger partial charge on any atom is -0.497 e. The molecule has 0 saturated heterocycles. The zero-order chi connectivity index (χ0) is 14.8. The second-order valence-electron chi connectivity index (χ2n) is 4.99. The third kappa shape index (κ3) is 2.89. The van der Waals surface area contributed by atoms with E-state index < -0.39 is 0 Å². The molecule has 1 N–H and O–H groups in total. The Hall–Kier alpha value is -1.59. The molecule has 1 aromatic carbocycles. The molecule has 1 aliphatic heterocycles. The number of pyridine rings is 1. The first-order valence-corrected chi connectivity index (χ1v) is 7.64. The van der Waals surface area contributed by atoms with Gasteiger partial charge in [-0.3, -0.25) is 4.98 Å². The average molecular weight is 349 g/mol. The standard InChI is InChI=1S/C16H17BrN2O2/c1-18-14-8-16(13-5-3-10(17)9-19-13)21-15-6-4-11(20-2)7-12(14)15/h3-7,9,14,16,18H,8H2,1-2H3. The first kappa shape index (κ1) is 14.4. The van der Waals surface area contributed by atoms with Gasteiger partial charge in [-0.25, -0.2) is 0 Å². The Balaban J connectivity index is 1.93. The molecule has 0 aliphatic carbocycles. The lowest BCUT2D eigenvalue weighted by Gasteiger charge is -2.32.